The molecule has 84 valence electrons. The van der Waals surface area contributed by atoms with E-state index in [-0.39, 0.29) is 10.8 Å². The van der Waals surface area contributed by atoms with E-state index in [0.29, 0.717) is 5.82 Å². The average Bonchev–Trinajstić information content (AvgIpc) is 2.14. The molecule has 0 spiro atoms. The fourth-order valence-electron chi connectivity index (χ4n) is 1.38. The zero-order chi connectivity index (χ0) is 11.5. The Morgan fingerprint density at radius 1 is 1.47 bits per heavy atom. The summed E-state index contributed by atoms with van der Waals surface area (Å²) in [7, 11) is 0. The van der Waals surface area contributed by atoms with E-state index >= 15 is 0 Å². The summed E-state index contributed by atoms with van der Waals surface area (Å²) >= 11 is 6.30. The third-order valence-corrected chi connectivity index (χ3v) is 3.41. The second-order valence-electron chi connectivity index (χ2n) is 4.92. The molecule has 1 unspecified atom stereocenters. The van der Waals surface area contributed by atoms with Crippen molar-refractivity contribution in [3.8, 4) is 0 Å². The fourth-order valence-corrected chi connectivity index (χ4v) is 1.49. The summed E-state index contributed by atoms with van der Waals surface area (Å²) in [4.78, 5) is 4.05. The zero-order valence-electron chi connectivity index (χ0n) is 9.63. The first kappa shape index (κ1) is 12.3. The zero-order valence-corrected chi connectivity index (χ0v) is 10.4. The molecule has 1 rings (SSSR count). The summed E-state index contributed by atoms with van der Waals surface area (Å²) in [5, 5.41) is 0.164. The Kier molecular flexibility index (Phi) is 3.97. The number of aromatic nitrogens is 1. The molecule has 2 nitrogen and oxygen atoms in total. The van der Waals surface area contributed by atoms with Gasteiger partial charge in [0.05, 0.1) is 0 Å². The van der Waals surface area contributed by atoms with Crippen LogP contribution in [0.4, 0.5) is 5.82 Å². The van der Waals surface area contributed by atoms with Crippen molar-refractivity contribution in [1.29, 1.82) is 0 Å². The third-order valence-electron chi connectivity index (χ3n) is 2.53. The quantitative estimate of drug-likeness (QED) is 0.804. The molecular formula is C12H19ClN2. The van der Waals surface area contributed by atoms with Gasteiger partial charge in [0, 0.05) is 11.6 Å². The van der Waals surface area contributed by atoms with Gasteiger partial charge in [0.15, 0.2) is 0 Å². The van der Waals surface area contributed by atoms with E-state index in [9.17, 15) is 0 Å². The van der Waals surface area contributed by atoms with Gasteiger partial charge in [-0.15, -0.1) is 11.6 Å². The van der Waals surface area contributed by atoms with E-state index in [1.165, 1.54) is 0 Å². The predicted molar refractivity (Wildman–Crippen MR) is 66.1 cm³/mol. The first-order valence-electron chi connectivity index (χ1n) is 5.24. The fraction of sp³-hybridized carbons (Fsp3) is 0.583. The van der Waals surface area contributed by atoms with Gasteiger partial charge in [-0.05, 0) is 29.9 Å². The molecule has 0 aromatic carbocycles. The van der Waals surface area contributed by atoms with E-state index in [2.05, 4.69) is 25.8 Å². The second-order valence-corrected chi connectivity index (χ2v) is 5.45. The molecule has 1 aromatic heterocycles. The maximum Gasteiger partial charge on any atom is 0.126 e. The summed E-state index contributed by atoms with van der Waals surface area (Å²) in [6, 6.07) is 3.92. The normalized spacial score (nSPS) is 13.9. The third kappa shape index (κ3) is 3.71. The lowest BCUT2D eigenvalue weighted by Crippen LogP contribution is -2.21. The van der Waals surface area contributed by atoms with Crippen molar-refractivity contribution in [2.75, 3.05) is 5.73 Å². The van der Waals surface area contributed by atoms with Gasteiger partial charge >= 0.3 is 0 Å². The Morgan fingerprint density at radius 2 is 2.13 bits per heavy atom. The predicted octanol–water partition coefficient (Wildman–Crippen LogP) is 3.25. The van der Waals surface area contributed by atoms with Crippen LogP contribution in [0.2, 0.25) is 0 Å². The van der Waals surface area contributed by atoms with E-state index in [1.54, 1.807) is 6.20 Å². The maximum atomic E-state index is 6.30. The van der Waals surface area contributed by atoms with Gasteiger partial charge in [-0.1, -0.05) is 26.8 Å². The monoisotopic (exact) mass is 226 g/mol. The molecular weight excluding hydrogens is 208 g/mol. The Morgan fingerprint density at radius 3 is 2.67 bits per heavy atom. The summed E-state index contributed by atoms with van der Waals surface area (Å²) in [5.74, 6) is 0.621. The van der Waals surface area contributed by atoms with Crippen LogP contribution in [0.5, 0.6) is 0 Å². The van der Waals surface area contributed by atoms with Crippen molar-refractivity contribution < 1.29 is 0 Å². The number of rotatable bonds is 3. The maximum absolute atomic E-state index is 6.30. The van der Waals surface area contributed by atoms with Crippen molar-refractivity contribution in [2.24, 2.45) is 5.41 Å². The van der Waals surface area contributed by atoms with Gasteiger partial charge in [0.25, 0.3) is 0 Å². The van der Waals surface area contributed by atoms with Gasteiger partial charge in [0.1, 0.15) is 5.82 Å². The summed E-state index contributed by atoms with van der Waals surface area (Å²) in [5.41, 5.74) is 6.99. The van der Waals surface area contributed by atoms with Crippen LogP contribution in [-0.4, -0.2) is 10.4 Å². The smallest absolute Gasteiger partial charge is 0.126 e. The summed E-state index contributed by atoms with van der Waals surface area (Å²) in [6.07, 6.45) is 3.53. The molecule has 15 heavy (non-hydrogen) atoms. The first-order chi connectivity index (χ1) is 6.91. The number of aryl methyl sites for hydroxylation is 1. The van der Waals surface area contributed by atoms with Crippen molar-refractivity contribution in [2.45, 2.75) is 39.0 Å². The van der Waals surface area contributed by atoms with E-state index < -0.39 is 0 Å². The van der Waals surface area contributed by atoms with Crippen molar-refractivity contribution in [1.82, 2.24) is 4.98 Å². The molecule has 0 aliphatic carbocycles. The van der Waals surface area contributed by atoms with Crippen LogP contribution >= 0.6 is 11.6 Å². The van der Waals surface area contributed by atoms with E-state index in [4.69, 9.17) is 17.3 Å². The number of nitrogens with zero attached hydrogens (tertiary/aromatic N) is 1. The lowest BCUT2D eigenvalue weighted by Gasteiger charge is -2.25. The lowest BCUT2D eigenvalue weighted by atomic mass is 9.88. The number of nitrogen functional groups attached to an aromatic ring is 1. The van der Waals surface area contributed by atoms with Gasteiger partial charge in [-0.3, -0.25) is 0 Å². The number of nitrogens with two attached hydrogens (primary N) is 1. The SMILES string of the molecule is CC(C)(C)C(Cl)CCc1cccnc1N. The lowest BCUT2D eigenvalue weighted by molar-refractivity contribution is 0.374. The minimum atomic E-state index is 0.137. The minimum absolute atomic E-state index is 0.137. The highest BCUT2D eigenvalue weighted by Gasteiger charge is 2.21. The van der Waals surface area contributed by atoms with Crippen LogP contribution in [0, 0.1) is 5.41 Å². The summed E-state index contributed by atoms with van der Waals surface area (Å²) < 4.78 is 0. The Bertz CT molecular complexity index is 318. The largest absolute Gasteiger partial charge is 0.383 e. The molecule has 1 heterocycles. The molecule has 1 aromatic rings. The van der Waals surface area contributed by atoms with Crippen LogP contribution in [0.3, 0.4) is 0 Å². The number of hydrogen-bond donors (Lipinski definition) is 1. The highest BCUT2D eigenvalue weighted by atomic mass is 35.5. The number of halogens is 1. The number of alkyl halides is 1. The molecule has 0 fully saturated rings. The van der Waals surface area contributed by atoms with Crippen LogP contribution < -0.4 is 5.73 Å². The Balaban J connectivity index is 2.55. The molecule has 3 heteroatoms. The summed E-state index contributed by atoms with van der Waals surface area (Å²) in [6.45, 7) is 6.45. The van der Waals surface area contributed by atoms with Crippen LogP contribution in [0.15, 0.2) is 18.3 Å². The Hall–Kier alpha value is -0.760. The highest BCUT2D eigenvalue weighted by Crippen LogP contribution is 2.28. The molecule has 0 saturated carbocycles. The van der Waals surface area contributed by atoms with Crippen molar-refractivity contribution in [3.05, 3.63) is 23.9 Å². The van der Waals surface area contributed by atoms with Crippen LogP contribution in [0.25, 0.3) is 0 Å². The van der Waals surface area contributed by atoms with E-state index in [1.807, 2.05) is 12.1 Å². The van der Waals surface area contributed by atoms with Crippen molar-refractivity contribution in [3.63, 3.8) is 0 Å². The van der Waals surface area contributed by atoms with Crippen LogP contribution in [-0.2, 0) is 6.42 Å². The molecule has 0 amide bonds. The number of anilines is 1. The van der Waals surface area contributed by atoms with Gasteiger partial charge in [-0.2, -0.15) is 0 Å². The molecule has 0 saturated heterocycles. The molecule has 0 aliphatic heterocycles. The first-order valence-corrected chi connectivity index (χ1v) is 5.68. The topological polar surface area (TPSA) is 38.9 Å². The standard InChI is InChI=1S/C12H19ClN2/c1-12(2,3)10(13)7-6-9-5-4-8-15-11(9)14/h4-5,8,10H,6-7H2,1-3H3,(H2,14,15). The van der Waals surface area contributed by atoms with Gasteiger partial charge in [0.2, 0.25) is 0 Å². The van der Waals surface area contributed by atoms with Gasteiger partial charge in [-0.25, -0.2) is 4.98 Å². The van der Waals surface area contributed by atoms with Crippen molar-refractivity contribution >= 4 is 17.4 Å². The molecule has 0 bridgehead atoms. The Labute approximate surface area is 96.8 Å². The van der Waals surface area contributed by atoms with Gasteiger partial charge < -0.3 is 5.73 Å². The second kappa shape index (κ2) is 4.84. The molecule has 0 radical (unpaired) electrons. The molecule has 1 atom stereocenters. The minimum Gasteiger partial charge on any atom is -0.383 e. The highest BCUT2D eigenvalue weighted by molar-refractivity contribution is 6.21. The number of pyridine rings is 1. The molecule has 2 N–H and O–H groups in total. The van der Waals surface area contributed by atoms with Crippen LogP contribution in [0.1, 0.15) is 32.8 Å². The van der Waals surface area contributed by atoms with E-state index in [0.717, 1.165) is 18.4 Å². The average molecular weight is 227 g/mol. The number of hydrogen-bond acceptors (Lipinski definition) is 2. The molecule has 0 aliphatic rings.